The van der Waals surface area contributed by atoms with Gasteiger partial charge in [0.1, 0.15) is 5.82 Å². The second kappa shape index (κ2) is 12.5. The molecule has 7 nitrogen and oxygen atoms in total. The Kier molecular flexibility index (Phi) is 10.3. The lowest BCUT2D eigenvalue weighted by Gasteiger charge is -2.34. The number of nitrogens with zero attached hydrogens (tertiary/aromatic N) is 1. The molecular weight excluding hydrogens is 538 g/mol. The lowest BCUT2D eigenvalue weighted by Crippen LogP contribution is -2.54. The van der Waals surface area contributed by atoms with E-state index in [4.69, 9.17) is 9.52 Å². The molecule has 0 radical (unpaired) electrons. The number of alkyl halides is 3. The van der Waals surface area contributed by atoms with Crippen molar-refractivity contribution in [3.8, 4) is 11.1 Å². The monoisotopic (exact) mass is 573 g/mol. The van der Waals surface area contributed by atoms with E-state index < -0.39 is 50.8 Å². The minimum absolute atomic E-state index is 0.00128. The minimum Gasteiger partial charge on any atom is -0.450 e. The van der Waals surface area contributed by atoms with Gasteiger partial charge in [0.25, 0.3) is 5.91 Å². The van der Waals surface area contributed by atoms with Gasteiger partial charge in [0.15, 0.2) is 5.60 Å². The zero-order valence-electron chi connectivity index (χ0n) is 22.8. The summed E-state index contributed by atoms with van der Waals surface area (Å²) in [6.45, 7) is 9.65. The summed E-state index contributed by atoms with van der Waals surface area (Å²) in [5, 5.41) is 0. The number of amides is 1. The molecule has 2 aromatic carbocycles. The first-order chi connectivity index (χ1) is 18.0. The lowest BCUT2D eigenvalue weighted by atomic mass is 9.95. The third-order valence-corrected chi connectivity index (χ3v) is 7.40. The first kappa shape index (κ1) is 32.2. The fraction of sp³-hybridized carbons (Fsp3) is 0.481. The van der Waals surface area contributed by atoms with Gasteiger partial charge >= 0.3 is 11.5 Å². The summed E-state index contributed by atoms with van der Waals surface area (Å²) in [4.78, 5) is 26.1. The summed E-state index contributed by atoms with van der Waals surface area (Å²) in [6.07, 6.45) is 0.0519. The molecule has 0 spiro atoms. The van der Waals surface area contributed by atoms with Crippen molar-refractivity contribution in [2.45, 2.75) is 77.6 Å². The molecule has 2 N–H and O–H groups in total. The van der Waals surface area contributed by atoms with E-state index >= 15 is 0 Å². The Labute approximate surface area is 227 Å². The van der Waals surface area contributed by atoms with Gasteiger partial charge in [-0.15, -0.1) is 0 Å². The van der Waals surface area contributed by atoms with Crippen molar-refractivity contribution < 1.29 is 36.1 Å². The van der Waals surface area contributed by atoms with Gasteiger partial charge < -0.3 is 9.64 Å². The van der Waals surface area contributed by atoms with Crippen LogP contribution in [0.5, 0.6) is 0 Å². The molecule has 1 heterocycles. The molecule has 3 atom stereocenters. The van der Waals surface area contributed by atoms with Crippen molar-refractivity contribution in [1.82, 2.24) is 9.62 Å². The van der Waals surface area contributed by atoms with Crippen LogP contribution in [-0.2, 0) is 30.7 Å². The van der Waals surface area contributed by atoms with Crippen molar-refractivity contribution in [1.29, 1.82) is 4.78 Å². The van der Waals surface area contributed by atoms with Gasteiger partial charge in [0.05, 0.1) is 6.04 Å². The second-order valence-corrected chi connectivity index (χ2v) is 11.4. The molecule has 0 bridgehead atoms. The average molecular weight is 574 g/mol. The second-order valence-electron chi connectivity index (χ2n) is 9.61. The van der Waals surface area contributed by atoms with Crippen LogP contribution in [0.4, 0.5) is 17.6 Å². The maximum Gasteiger partial charge on any atom is 0.492 e. The van der Waals surface area contributed by atoms with Crippen molar-refractivity contribution in [3.63, 3.8) is 0 Å². The standard InChI is InChI=1S/C25H29F4N3O4S.C2H6/c1-15-10-19(14-20(26)11-15)18-7-5-6-17(12-18)13-22-21(31-37(30,35)25(27,28)29)8-9-32(22)23(34)24(3,4)36-16(2)33;1-2/h5-7,10-12,14,21-22H,8-9,13H2,1-4H3,(H2,30,31,35);1-2H3. The summed E-state index contributed by atoms with van der Waals surface area (Å²) >= 11 is 0. The van der Waals surface area contributed by atoms with E-state index in [0.29, 0.717) is 22.3 Å². The highest BCUT2D eigenvalue weighted by molar-refractivity contribution is 7.91. The van der Waals surface area contributed by atoms with Crippen molar-refractivity contribution in [2.75, 3.05) is 6.54 Å². The molecule has 1 aliphatic rings. The first-order valence-corrected chi connectivity index (χ1v) is 14.1. The van der Waals surface area contributed by atoms with E-state index in [0.717, 1.165) is 6.92 Å². The molecule has 2 aromatic rings. The van der Waals surface area contributed by atoms with Crippen LogP contribution in [0.3, 0.4) is 0 Å². The molecule has 0 aromatic heterocycles. The van der Waals surface area contributed by atoms with Gasteiger partial charge in [0.2, 0.25) is 9.92 Å². The number of nitrogens with one attached hydrogen (secondary N) is 2. The molecule has 3 unspecified atom stereocenters. The van der Waals surface area contributed by atoms with Crippen molar-refractivity contribution in [2.24, 2.45) is 0 Å². The Bertz CT molecular complexity index is 1280. The summed E-state index contributed by atoms with van der Waals surface area (Å²) in [6, 6.07) is 9.41. The number of aryl methyl sites for hydroxylation is 1. The molecule has 39 heavy (non-hydrogen) atoms. The number of hydrogen-bond donors (Lipinski definition) is 2. The molecule has 3 rings (SSSR count). The van der Waals surface area contributed by atoms with E-state index in [-0.39, 0.29) is 19.4 Å². The van der Waals surface area contributed by atoms with Gasteiger partial charge in [-0.1, -0.05) is 44.2 Å². The average Bonchev–Trinajstić information content (AvgIpc) is 3.19. The van der Waals surface area contributed by atoms with Gasteiger partial charge in [-0.2, -0.15) is 13.2 Å². The number of halogens is 4. The number of ether oxygens (including phenoxy) is 1. The lowest BCUT2D eigenvalue weighted by molar-refractivity contribution is -0.169. The van der Waals surface area contributed by atoms with E-state index in [1.165, 1.54) is 30.9 Å². The predicted molar refractivity (Wildman–Crippen MR) is 141 cm³/mol. The van der Waals surface area contributed by atoms with Crippen LogP contribution >= 0.6 is 0 Å². The Morgan fingerprint density at radius 2 is 1.77 bits per heavy atom. The smallest absolute Gasteiger partial charge is 0.450 e. The zero-order chi connectivity index (χ0) is 29.8. The van der Waals surface area contributed by atoms with Crippen LogP contribution in [0.25, 0.3) is 11.1 Å². The fourth-order valence-corrected chi connectivity index (χ4v) is 5.38. The van der Waals surface area contributed by atoms with Crippen LogP contribution in [0.1, 0.15) is 52.2 Å². The molecule has 216 valence electrons. The third-order valence-electron chi connectivity index (χ3n) is 6.11. The maximum atomic E-state index is 14.0. The van der Waals surface area contributed by atoms with E-state index in [2.05, 4.69) is 0 Å². The minimum atomic E-state index is -5.30. The number of carbonyl (C=O) groups excluding carboxylic acids is 2. The number of esters is 1. The number of likely N-dealkylation sites (tertiary alicyclic amines) is 1. The fourth-order valence-electron chi connectivity index (χ4n) is 4.55. The molecule has 0 aliphatic carbocycles. The topological polar surface area (TPSA) is 99.6 Å². The highest BCUT2D eigenvalue weighted by atomic mass is 32.2. The van der Waals surface area contributed by atoms with Gasteiger partial charge in [-0.3, -0.25) is 9.59 Å². The Morgan fingerprint density at radius 1 is 1.13 bits per heavy atom. The first-order valence-electron chi connectivity index (χ1n) is 12.5. The van der Waals surface area contributed by atoms with Crippen LogP contribution < -0.4 is 4.72 Å². The van der Waals surface area contributed by atoms with E-state index in [1.807, 2.05) is 18.6 Å². The number of hydrogen-bond acceptors (Lipinski definition) is 5. The SMILES string of the molecule is CC.CC(=O)OC(C)(C)C(=O)N1CCC(NS(=N)(=O)C(F)(F)F)C1Cc1cccc(-c2cc(C)cc(F)c2)c1. The predicted octanol–water partition coefficient (Wildman–Crippen LogP) is 5.75. The van der Waals surface area contributed by atoms with Crippen molar-refractivity contribution >= 4 is 21.8 Å². The van der Waals surface area contributed by atoms with E-state index in [9.17, 15) is 31.4 Å². The van der Waals surface area contributed by atoms with Gasteiger partial charge in [-0.25, -0.2) is 18.1 Å². The highest BCUT2D eigenvalue weighted by Crippen LogP contribution is 2.31. The quantitative estimate of drug-likeness (QED) is 0.325. The summed E-state index contributed by atoms with van der Waals surface area (Å²) in [5.74, 6) is -1.74. The third kappa shape index (κ3) is 8.01. The summed E-state index contributed by atoms with van der Waals surface area (Å²) in [7, 11) is -5.19. The zero-order valence-corrected chi connectivity index (χ0v) is 23.6. The number of benzene rings is 2. The molecule has 1 fully saturated rings. The molecule has 12 heteroatoms. The summed E-state index contributed by atoms with van der Waals surface area (Å²) in [5.41, 5.74) is -4.28. The largest absolute Gasteiger partial charge is 0.492 e. The molecule has 1 aliphatic heterocycles. The maximum absolute atomic E-state index is 14.0. The number of carbonyl (C=O) groups is 2. The Hall–Kier alpha value is -2.99. The summed E-state index contributed by atoms with van der Waals surface area (Å²) < 4.78 is 80.2. The normalized spacial score (nSPS) is 19.1. The van der Waals surface area contributed by atoms with Crippen molar-refractivity contribution in [3.05, 3.63) is 59.4 Å². The molecule has 1 saturated heterocycles. The van der Waals surface area contributed by atoms with Crippen LogP contribution in [0.2, 0.25) is 0 Å². The molecule has 1 amide bonds. The van der Waals surface area contributed by atoms with Gasteiger partial charge in [-0.05, 0) is 68.0 Å². The number of rotatable bonds is 7. The van der Waals surface area contributed by atoms with E-state index in [1.54, 1.807) is 37.3 Å². The van der Waals surface area contributed by atoms with Crippen LogP contribution in [-0.4, -0.2) is 50.7 Å². The Morgan fingerprint density at radius 3 is 2.33 bits per heavy atom. The Balaban J connectivity index is 0.00000260. The molecular formula is C27H35F4N3O4S. The molecule has 0 saturated carbocycles. The van der Waals surface area contributed by atoms with Crippen LogP contribution in [0.15, 0.2) is 42.5 Å². The highest BCUT2D eigenvalue weighted by Gasteiger charge is 2.48. The van der Waals surface area contributed by atoms with Gasteiger partial charge in [0, 0.05) is 19.5 Å². The van der Waals surface area contributed by atoms with Crippen LogP contribution in [0, 0.1) is 17.5 Å².